The van der Waals surface area contributed by atoms with E-state index in [2.05, 4.69) is 20.9 Å². The normalized spacial score (nSPS) is 13.9. The van der Waals surface area contributed by atoms with Gasteiger partial charge in [0.05, 0.1) is 16.8 Å². The molecule has 7 nitrogen and oxygen atoms in total. The quantitative estimate of drug-likeness (QED) is 0.404. The lowest BCUT2D eigenvalue weighted by molar-refractivity contribution is -0.136. The van der Waals surface area contributed by atoms with Gasteiger partial charge in [-0.3, -0.25) is 4.79 Å². The molecule has 3 amide bonds. The van der Waals surface area contributed by atoms with Gasteiger partial charge in [0.1, 0.15) is 0 Å². The number of benzene rings is 2. The number of para-hydroxylation sites is 1. The first-order valence-electron chi connectivity index (χ1n) is 11.8. The van der Waals surface area contributed by atoms with E-state index >= 15 is 0 Å². The van der Waals surface area contributed by atoms with Crippen LogP contribution >= 0.6 is 0 Å². The number of piperidine rings is 1. The number of anilines is 3. The fraction of sp³-hybridized carbons (Fsp3) is 0.440. The lowest BCUT2D eigenvalue weighted by atomic mass is 10.1. The van der Waals surface area contributed by atoms with Crippen LogP contribution in [0, 0.1) is 0 Å². The molecule has 35 heavy (non-hydrogen) atoms. The monoisotopic (exact) mass is 492 g/mol. The molecule has 1 saturated heterocycles. The minimum Gasteiger partial charge on any atom is -0.382 e. The van der Waals surface area contributed by atoms with Crippen molar-refractivity contribution in [1.82, 2.24) is 5.32 Å². The van der Waals surface area contributed by atoms with Gasteiger partial charge in [-0.15, -0.1) is 0 Å². The number of alkyl halides is 3. The Labute approximate surface area is 203 Å². The maximum Gasteiger partial charge on any atom is 0.418 e. The van der Waals surface area contributed by atoms with Crippen molar-refractivity contribution in [1.29, 1.82) is 0 Å². The number of nitrogens with one attached hydrogen (secondary N) is 3. The van der Waals surface area contributed by atoms with Gasteiger partial charge in [0.15, 0.2) is 0 Å². The Morgan fingerprint density at radius 3 is 2.49 bits per heavy atom. The van der Waals surface area contributed by atoms with Gasteiger partial charge >= 0.3 is 12.2 Å². The largest absolute Gasteiger partial charge is 0.418 e. The second-order valence-corrected chi connectivity index (χ2v) is 8.21. The molecule has 0 unspecified atom stereocenters. The Morgan fingerprint density at radius 1 is 1.03 bits per heavy atom. The summed E-state index contributed by atoms with van der Waals surface area (Å²) in [5.74, 6) is -0.284. The van der Waals surface area contributed by atoms with Crippen LogP contribution in [0.15, 0.2) is 42.5 Å². The zero-order chi connectivity index (χ0) is 25.3. The Morgan fingerprint density at radius 2 is 1.77 bits per heavy atom. The van der Waals surface area contributed by atoms with Crippen molar-refractivity contribution < 1.29 is 27.5 Å². The summed E-state index contributed by atoms with van der Waals surface area (Å²) in [6.45, 7) is 5.13. The van der Waals surface area contributed by atoms with E-state index < -0.39 is 17.8 Å². The SMILES string of the molecule is CCOCCCNC(=O)c1cc(NC(=O)Nc2ccccc2C(F)(F)F)ccc1N1CCCCC1. The van der Waals surface area contributed by atoms with Crippen molar-refractivity contribution in [3.8, 4) is 0 Å². The molecule has 0 saturated carbocycles. The average molecular weight is 493 g/mol. The summed E-state index contributed by atoms with van der Waals surface area (Å²) in [4.78, 5) is 27.6. The number of carbonyl (C=O) groups is 2. The predicted octanol–water partition coefficient (Wildman–Crippen LogP) is 5.50. The van der Waals surface area contributed by atoms with Crippen LogP contribution in [0.1, 0.15) is 48.5 Å². The first-order valence-corrected chi connectivity index (χ1v) is 11.8. The van der Waals surface area contributed by atoms with Crippen LogP contribution in [0.2, 0.25) is 0 Å². The Balaban J connectivity index is 1.75. The first kappa shape index (κ1) is 26.3. The van der Waals surface area contributed by atoms with E-state index in [1.54, 1.807) is 18.2 Å². The van der Waals surface area contributed by atoms with Gasteiger partial charge in [-0.05, 0) is 62.9 Å². The third kappa shape index (κ3) is 7.61. The number of nitrogens with zero attached hydrogens (tertiary/aromatic N) is 1. The number of halogens is 3. The zero-order valence-electron chi connectivity index (χ0n) is 19.7. The maximum absolute atomic E-state index is 13.2. The first-order chi connectivity index (χ1) is 16.8. The number of carbonyl (C=O) groups excluding carboxylic acids is 2. The molecule has 0 radical (unpaired) electrons. The molecule has 1 fully saturated rings. The summed E-state index contributed by atoms with van der Waals surface area (Å²) in [6.07, 6.45) is -0.757. The molecule has 2 aromatic carbocycles. The summed E-state index contributed by atoms with van der Waals surface area (Å²) in [5.41, 5.74) is 0.168. The maximum atomic E-state index is 13.2. The molecular weight excluding hydrogens is 461 g/mol. The minimum atomic E-state index is -4.60. The molecule has 2 aromatic rings. The minimum absolute atomic E-state index is 0.284. The van der Waals surface area contributed by atoms with Crippen LogP contribution in [-0.4, -0.2) is 44.8 Å². The molecule has 0 aromatic heterocycles. The molecule has 1 aliphatic heterocycles. The second-order valence-electron chi connectivity index (χ2n) is 8.21. The topological polar surface area (TPSA) is 82.7 Å². The Hall–Kier alpha value is -3.27. The van der Waals surface area contributed by atoms with Gasteiger partial charge < -0.3 is 25.6 Å². The highest BCUT2D eigenvalue weighted by Gasteiger charge is 2.33. The number of rotatable bonds is 9. The average Bonchev–Trinajstić information content (AvgIpc) is 2.84. The van der Waals surface area contributed by atoms with E-state index in [-0.39, 0.29) is 11.6 Å². The smallest absolute Gasteiger partial charge is 0.382 e. The Bertz CT molecular complexity index is 1010. The number of urea groups is 1. The van der Waals surface area contributed by atoms with Crippen LogP contribution in [0.3, 0.4) is 0 Å². The van der Waals surface area contributed by atoms with Gasteiger partial charge in [-0.2, -0.15) is 13.2 Å². The van der Waals surface area contributed by atoms with Crippen LogP contribution in [0.5, 0.6) is 0 Å². The lowest BCUT2D eigenvalue weighted by Crippen LogP contribution is -2.33. The van der Waals surface area contributed by atoms with Crippen LogP contribution in [0.25, 0.3) is 0 Å². The van der Waals surface area contributed by atoms with Crippen molar-refractivity contribution >= 4 is 29.0 Å². The third-order valence-electron chi connectivity index (χ3n) is 5.63. The number of amides is 3. The zero-order valence-corrected chi connectivity index (χ0v) is 19.7. The molecule has 1 heterocycles. The van der Waals surface area contributed by atoms with Crippen LogP contribution in [0.4, 0.5) is 35.0 Å². The van der Waals surface area contributed by atoms with E-state index in [9.17, 15) is 22.8 Å². The molecule has 10 heteroatoms. The summed E-state index contributed by atoms with van der Waals surface area (Å²) in [5, 5.41) is 7.68. The fourth-order valence-corrected chi connectivity index (χ4v) is 3.95. The second kappa shape index (κ2) is 12.4. The van der Waals surface area contributed by atoms with E-state index in [1.807, 2.05) is 6.92 Å². The summed E-state index contributed by atoms with van der Waals surface area (Å²) in [6, 6.07) is 8.87. The van der Waals surface area contributed by atoms with Gasteiger partial charge in [-0.1, -0.05) is 12.1 Å². The number of hydrogen-bond acceptors (Lipinski definition) is 4. The van der Waals surface area contributed by atoms with Gasteiger partial charge in [0.2, 0.25) is 0 Å². The lowest BCUT2D eigenvalue weighted by Gasteiger charge is -2.30. The van der Waals surface area contributed by atoms with Crippen LogP contribution < -0.4 is 20.9 Å². The molecule has 0 bridgehead atoms. The molecule has 1 aliphatic rings. The van der Waals surface area contributed by atoms with Gasteiger partial charge in [0.25, 0.3) is 5.91 Å². The van der Waals surface area contributed by atoms with E-state index in [4.69, 9.17) is 4.74 Å². The van der Waals surface area contributed by atoms with Gasteiger partial charge in [0, 0.05) is 44.2 Å². The van der Waals surface area contributed by atoms with Crippen molar-refractivity contribution in [2.45, 2.75) is 38.8 Å². The molecular formula is C25H31F3N4O3. The Kier molecular flexibility index (Phi) is 9.36. The van der Waals surface area contributed by atoms with E-state index in [0.717, 1.165) is 44.1 Å². The van der Waals surface area contributed by atoms with Crippen molar-refractivity contribution in [2.75, 3.05) is 48.4 Å². The number of ether oxygens (including phenoxy) is 1. The highest BCUT2D eigenvalue weighted by Crippen LogP contribution is 2.34. The van der Waals surface area contributed by atoms with Gasteiger partial charge in [-0.25, -0.2) is 4.79 Å². The van der Waals surface area contributed by atoms with Crippen molar-refractivity contribution in [3.05, 3.63) is 53.6 Å². The standard InChI is InChI=1S/C25H31F3N4O3/c1-2-35-16-8-13-29-23(33)19-17-18(11-12-22(19)32-14-6-3-7-15-32)30-24(34)31-21-10-5-4-9-20(21)25(26,27)28/h4-5,9-12,17H,2-3,6-8,13-16H2,1H3,(H,29,33)(H2,30,31,34). The van der Waals surface area contributed by atoms with Crippen molar-refractivity contribution in [3.63, 3.8) is 0 Å². The summed E-state index contributed by atoms with van der Waals surface area (Å²) in [7, 11) is 0. The van der Waals surface area contributed by atoms with E-state index in [1.165, 1.54) is 18.2 Å². The highest BCUT2D eigenvalue weighted by molar-refractivity contribution is 6.04. The summed E-state index contributed by atoms with van der Waals surface area (Å²) < 4.78 is 45.0. The molecule has 190 valence electrons. The predicted molar refractivity (Wildman–Crippen MR) is 130 cm³/mol. The molecule has 3 rings (SSSR count). The molecule has 0 atom stereocenters. The molecule has 3 N–H and O–H groups in total. The fourth-order valence-electron chi connectivity index (χ4n) is 3.95. The van der Waals surface area contributed by atoms with Crippen LogP contribution in [-0.2, 0) is 10.9 Å². The third-order valence-corrected chi connectivity index (χ3v) is 5.63. The number of hydrogen-bond donors (Lipinski definition) is 3. The molecule has 0 spiro atoms. The molecule has 0 aliphatic carbocycles. The summed E-state index contributed by atoms with van der Waals surface area (Å²) >= 11 is 0. The van der Waals surface area contributed by atoms with E-state index in [0.29, 0.717) is 37.4 Å². The highest BCUT2D eigenvalue weighted by atomic mass is 19.4. The van der Waals surface area contributed by atoms with Crippen molar-refractivity contribution in [2.24, 2.45) is 0 Å².